The van der Waals surface area contributed by atoms with E-state index < -0.39 is 0 Å². The van der Waals surface area contributed by atoms with Crippen LogP contribution in [-0.2, 0) is 0 Å². The fraction of sp³-hybridized carbons (Fsp3) is 0.269. The van der Waals surface area contributed by atoms with E-state index in [2.05, 4.69) is 75.4 Å². The highest BCUT2D eigenvalue weighted by Gasteiger charge is 2.28. The van der Waals surface area contributed by atoms with Crippen molar-refractivity contribution in [3.8, 4) is 0 Å². The van der Waals surface area contributed by atoms with Gasteiger partial charge in [0, 0.05) is 56.0 Å². The molecule has 0 aliphatic carbocycles. The first-order valence-electron chi connectivity index (χ1n) is 10.6. The number of carbonyl (C=O) groups excluding carboxylic acids is 1. The topological polar surface area (TPSA) is 26.8 Å². The fourth-order valence-corrected chi connectivity index (χ4v) is 4.43. The van der Waals surface area contributed by atoms with E-state index in [-0.39, 0.29) is 11.9 Å². The lowest BCUT2D eigenvalue weighted by atomic mass is 9.96. The number of anilines is 1. The highest BCUT2D eigenvalue weighted by atomic mass is 79.9. The van der Waals surface area contributed by atoms with Crippen molar-refractivity contribution in [3.05, 3.63) is 100 Å². The van der Waals surface area contributed by atoms with E-state index >= 15 is 0 Å². The zero-order valence-corrected chi connectivity index (χ0v) is 19.6. The standard InChI is InChI=1S/C26H28BrN3O/c1-28(2)24-14-10-22(11-15-24)26(31)30-18-16-29(17-19-30)25(20-6-4-3-5-7-20)21-8-12-23(27)13-9-21/h3-15,25H,16-19H2,1-2H3/t25-/m1/s1. The Morgan fingerprint density at radius 1 is 0.806 bits per heavy atom. The molecule has 1 aliphatic heterocycles. The predicted molar refractivity (Wildman–Crippen MR) is 131 cm³/mol. The van der Waals surface area contributed by atoms with Crippen molar-refractivity contribution in [3.63, 3.8) is 0 Å². The number of hydrogen-bond acceptors (Lipinski definition) is 3. The normalized spacial score (nSPS) is 15.5. The summed E-state index contributed by atoms with van der Waals surface area (Å²) in [5, 5.41) is 0. The number of piperazine rings is 1. The van der Waals surface area contributed by atoms with Crippen molar-refractivity contribution in [2.24, 2.45) is 0 Å². The zero-order chi connectivity index (χ0) is 21.8. The summed E-state index contributed by atoms with van der Waals surface area (Å²) in [5.74, 6) is 0.116. The number of halogens is 1. The first-order valence-corrected chi connectivity index (χ1v) is 11.4. The first kappa shape index (κ1) is 21.6. The van der Waals surface area contributed by atoms with E-state index in [1.54, 1.807) is 0 Å². The van der Waals surface area contributed by atoms with Crippen molar-refractivity contribution >= 4 is 27.5 Å². The predicted octanol–water partition coefficient (Wildman–Crippen LogP) is 5.06. The maximum Gasteiger partial charge on any atom is 0.253 e. The number of rotatable bonds is 5. The lowest BCUT2D eigenvalue weighted by molar-refractivity contribution is 0.0597. The Hall–Kier alpha value is -2.63. The largest absolute Gasteiger partial charge is 0.378 e. The molecule has 0 unspecified atom stereocenters. The smallest absolute Gasteiger partial charge is 0.253 e. The molecule has 5 heteroatoms. The van der Waals surface area contributed by atoms with Crippen molar-refractivity contribution in [1.82, 2.24) is 9.80 Å². The summed E-state index contributed by atoms with van der Waals surface area (Å²) in [5.41, 5.74) is 4.41. The molecule has 160 valence electrons. The third-order valence-electron chi connectivity index (χ3n) is 5.90. The average molecular weight is 478 g/mol. The van der Waals surface area contributed by atoms with Crippen LogP contribution in [0.4, 0.5) is 5.69 Å². The van der Waals surface area contributed by atoms with E-state index in [1.165, 1.54) is 11.1 Å². The van der Waals surface area contributed by atoms with E-state index in [1.807, 2.05) is 48.2 Å². The molecule has 4 rings (SSSR count). The van der Waals surface area contributed by atoms with E-state index in [4.69, 9.17) is 0 Å². The SMILES string of the molecule is CN(C)c1ccc(C(=O)N2CCN([C@H](c3ccccc3)c3ccc(Br)cc3)CC2)cc1. The molecule has 31 heavy (non-hydrogen) atoms. The molecule has 4 nitrogen and oxygen atoms in total. The molecule has 0 N–H and O–H groups in total. The molecule has 1 aliphatic rings. The lowest BCUT2D eigenvalue weighted by Crippen LogP contribution is -2.49. The van der Waals surface area contributed by atoms with Crippen LogP contribution in [-0.4, -0.2) is 56.0 Å². The van der Waals surface area contributed by atoms with Gasteiger partial charge < -0.3 is 9.80 Å². The van der Waals surface area contributed by atoms with Crippen LogP contribution in [0.3, 0.4) is 0 Å². The van der Waals surface area contributed by atoms with Crippen LogP contribution in [0, 0.1) is 0 Å². The van der Waals surface area contributed by atoms with Crippen molar-refractivity contribution in [2.75, 3.05) is 45.2 Å². The van der Waals surface area contributed by atoms with Gasteiger partial charge in [-0.2, -0.15) is 0 Å². The Bertz CT molecular complexity index is 995. The minimum absolute atomic E-state index is 0.116. The van der Waals surface area contributed by atoms with Crippen LogP contribution in [0.15, 0.2) is 83.3 Å². The molecular formula is C26H28BrN3O. The van der Waals surface area contributed by atoms with Crippen molar-refractivity contribution < 1.29 is 4.79 Å². The first-order chi connectivity index (χ1) is 15.0. The van der Waals surface area contributed by atoms with Crippen LogP contribution in [0.2, 0.25) is 0 Å². The third kappa shape index (κ3) is 5.00. The number of hydrogen-bond donors (Lipinski definition) is 0. The van der Waals surface area contributed by atoms with Gasteiger partial charge in [-0.1, -0.05) is 58.4 Å². The van der Waals surface area contributed by atoms with Crippen LogP contribution in [0.25, 0.3) is 0 Å². The average Bonchev–Trinajstić information content (AvgIpc) is 2.81. The Balaban J connectivity index is 1.48. The second-order valence-corrected chi connectivity index (χ2v) is 9.05. The van der Waals surface area contributed by atoms with Gasteiger partial charge in [-0.05, 0) is 47.5 Å². The highest BCUT2D eigenvalue weighted by molar-refractivity contribution is 9.10. The molecular weight excluding hydrogens is 450 g/mol. The summed E-state index contributed by atoms with van der Waals surface area (Å²) < 4.78 is 1.08. The number of amides is 1. The van der Waals surface area contributed by atoms with Crippen LogP contribution in [0.1, 0.15) is 27.5 Å². The molecule has 0 aromatic heterocycles. The molecule has 0 spiro atoms. The Labute approximate surface area is 193 Å². The molecule has 1 fully saturated rings. The maximum atomic E-state index is 13.0. The van der Waals surface area contributed by atoms with Gasteiger partial charge in [0.2, 0.25) is 0 Å². The summed E-state index contributed by atoms with van der Waals surface area (Å²) in [6, 6.07) is 27.2. The maximum absolute atomic E-state index is 13.0. The van der Waals surface area contributed by atoms with Crippen molar-refractivity contribution in [1.29, 1.82) is 0 Å². The molecule has 0 bridgehead atoms. The highest BCUT2D eigenvalue weighted by Crippen LogP contribution is 2.30. The number of benzene rings is 3. The molecule has 1 atom stereocenters. The minimum Gasteiger partial charge on any atom is -0.378 e. The number of nitrogens with zero attached hydrogens (tertiary/aromatic N) is 3. The monoisotopic (exact) mass is 477 g/mol. The molecule has 1 heterocycles. The molecule has 1 saturated heterocycles. The van der Waals surface area contributed by atoms with Gasteiger partial charge in [-0.25, -0.2) is 0 Å². The molecule has 3 aromatic rings. The van der Waals surface area contributed by atoms with Gasteiger partial charge in [-0.15, -0.1) is 0 Å². The Morgan fingerprint density at radius 3 is 1.97 bits per heavy atom. The van der Waals surface area contributed by atoms with Gasteiger partial charge in [0.15, 0.2) is 0 Å². The van der Waals surface area contributed by atoms with Gasteiger partial charge in [0.25, 0.3) is 5.91 Å². The molecule has 0 saturated carbocycles. The Kier molecular flexibility index (Phi) is 6.73. The zero-order valence-electron chi connectivity index (χ0n) is 18.0. The fourth-order valence-electron chi connectivity index (χ4n) is 4.16. The summed E-state index contributed by atoms with van der Waals surface area (Å²) in [4.78, 5) is 19.5. The van der Waals surface area contributed by atoms with Gasteiger partial charge in [-0.3, -0.25) is 9.69 Å². The van der Waals surface area contributed by atoms with Crippen LogP contribution < -0.4 is 4.90 Å². The minimum atomic E-state index is 0.116. The van der Waals surface area contributed by atoms with E-state index in [0.29, 0.717) is 0 Å². The van der Waals surface area contributed by atoms with Crippen LogP contribution >= 0.6 is 15.9 Å². The molecule has 0 radical (unpaired) electrons. The van der Waals surface area contributed by atoms with E-state index in [9.17, 15) is 4.79 Å². The summed E-state index contributed by atoms with van der Waals surface area (Å²) in [7, 11) is 4.01. The quantitative estimate of drug-likeness (QED) is 0.513. The Morgan fingerprint density at radius 2 is 1.39 bits per heavy atom. The van der Waals surface area contributed by atoms with Gasteiger partial charge >= 0.3 is 0 Å². The lowest BCUT2D eigenvalue weighted by Gasteiger charge is -2.40. The number of carbonyl (C=O) groups is 1. The summed E-state index contributed by atoms with van der Waals surface area (Å²) in [6.07, 6.45) is 0. The second-order valence-electron chi connectivity index (χ2n) is 8.13. The third-order valence-corrected chi connectivity index (χ3v) is 6.43. The van der Waals surface area contributed by atoms with E-state index in [0.717, 1.165) is 41.9 Å². The van der Waals surface area contributed by atoms with Gasteiger partial charge in [0.05, 0.1) is 6.04 Å². The van der Waals surface area contributed by atoms with Crippen molar-refractivity contribution in [2.45, 2.75) is 6.04 Å². The van der Waals surface area contributed by atoms with Crippen LogP contribution in [0.5, 0.6) is 0 Å². The summed E-state index contributed by atoms with van der Waals surface area (Å²) in [6.45, 7) is 3.15. The molecule has 3 aromatic carbocycles. The van der Waals surface area contributed by atoms with Gasteiger partial charge in [0.1, 0.15) is 0 Å². The second kappa shape index (κ2) is 9.67. The molecule has 1 amide bonds. The summed E-state index contributed by atoms with van der Waals surface area (Å²) >= 11 is 3.54.